The molecule has 0 amide bonds. The maximum absolute atomic E-state index is 15.2. The summed E-state index contributed by atoms with van der Waals surface area (Å²) in [5.41, 5.74) is 0.671. The average Bonchev–Trinajstić information content (AvgIpc) is 3.11. The molecule has 0 spiro atoms. The highest BCUT2D eigenvalue weighted by Gasteiger charge is 2.65. The molecule has 44 heavy (non-hydrogen) atoms. The number of hydrogen-bond acceptors (Lipinski definition) is 4. The van der Waals surface area contributed by atoms with E-state index in [1.54, 1.807) is 13.0 Å². The fourth-order valence-electron chi connectivity index (χ4n) is 8.53. The highest BCUT2D eigenvalue weighted by atomic mass is 32.2. The largest absolute Gasteiger partial charge is 0.616 e. The van der Waals surface area contributed by atoms with Crippen LogP contribution in [0.15, 0.2) is 18.2 Å². The molecule has 1 unspecified atom stereocenters. The topological polar surface area (TPSA) is 66.8 Å². The van der Waals surface area contributed by atoms with Crippen LogP contribution in [0, 0.1) is 23.2 Å². The summed E-state index contributed by atoms with van der Waals surface area (Å²) in [6, 6.07) is 5.68. The van der Waals surface area contributed by atoms with Crippen molar-refractivity contribution in [1.82, 2.24) is 4.90 Å². The van der Waals surface area contributed by atoms with E-state index >= 15 is 4.39 Å². The van der Waals surface area contributed by atoms with Gasteiger partial charge >= 0.3 is 12.1 Å². The van der Waals surface area contributed by atoms with Gasteiger partial charge in [0, 0.05) is 24.8 Å². The molecule has 252 valence electrons. The van der Waals surface area contributed by atoms with Gasteiger partial charge in [0.05, 0.1) is 5.60 Å². The second-order valence-corrected chi connectivity index (χ2v) is 15.8. The van der Waals surface area contributed by atoms with Crippen molar-refractivity contribution in [2.24, 2.45) is 23.2 Å². The minimum atomic E-state index is -5.57. The van der Waals surface area contributed by atoms with Gasteiger partial charge in [-0.25, -0.2) is 4.39 Å². The number of aromatic hydroxyl groups is 1. The molecule has 0 saturated heterocycles. The molecule has 3 aliphatic rings. The van der Waals surface area contributed by atoms with Gasteiger partial charge in [-0.15, -0.1) is 0 Å². The number of unbranched alkanes of at least 4 members (excludes halogenated alkanes) is 2. The van der Waals surface area contributed by atoms with Gasteiger partial charge in [0.2, 0.25) is 0 Å². The Kier molecular flexibility index (Phi) is 11.3. The Hall–Kier alpha value is -1.17. The first-order valence-corrected chi connectivity index (χ1v) is 17.6. The molecule has 1 aromatic carbocycles. The maximum Gasteiger partial charge on any atom is 0.453 e. The lowest BCUT2D eigenvalue weighted by atomic mass is 9.50. The van der Waals surface area contributed by atoms with E-state index in [2.05, 4.69) is 11.8 Å². The summed E-state index contributed by atoms with van der Waals surface area (Å²) in [5.74, 6) is -3.30. The van der Waals surface area contributed by atoms with Crippen LogP contribution in [0.1, 0.15) is 95.1 Å². The lowest BCUT2D eigenvalue weighted by Gasteiger charge is -2.55. The lowest BCUT2D eigenvalue weighted by Crippen LogP contribution is -2.52. The van der Waals surface area contributed by atoms with E-state index in [0.717, 1.165) is 51.5 Å². The Balaban J connectivity index is 1.22. The van der Waals surface area contributed by atoms with Crippen LogP contribution in [0.2, 0.25) is 0 Å². The third-order valence-electron chi connectivity index (χ3n) is 11.3. The highest BCUT2D eigenvalue weighted by Crippen LogP contribution is 2.66. The summed E-state index contributed by atoms with van der Waals surface area (Å²) in [6.07, 6.45) is -1.07. The molecule has 4 rings (SSSR count). The number of aliphatic hydroxyl groups is 1. The lowest BCUT2D eigenvalue weighted by molar-refractivity contribution is -0.284. The Morgan fingerprint density at radius 3 is 2.41 bits per heavy atom. The van der Waals surface area contributed by atoms with E-state index < -0.39 is 53.3 Å². The van der Waals surface area contributed by atoms with Gasteiger partial charge in [0.25, 0.3) is 0 Å². The molecular weight excluding hydrogens is 604 g/mol. The molecule has 0 radical (unpaired) electrons. The molecule has 8 atom stereocenters. The van der Waals surface area contributed by atoms with Crippen molar-refractivity contribution >= 4 is 11.2 Å². The first-order chi connectivity index (χ1) is 20.5. The minimum Gasteiger partial charge on any atom is -0.616 e. The van der Waals surface area contributed by atoms with Gasteiger partial charge < -0.3 is 19.7 Å². The molecule has 4 nitrogen and oxygen atoms in total. The molecule has 1 aromatic rings. The van der Waals surface area contributed by atoms with Gasteiger partial charge in [-0.1, -0.05) is 37.0 Å². The molecule has 0 aliphatic heterocycles. The number of halogens is 6. The van der Waals surface area contributed by atoms with Gasteiger partial charge in [0.1, 0.15) is 23.4 Å². The van der Waals surface area contributed by atoms with E-state index in [1.165, 1.54) is 11.1 Å². The summed E-state index contributed by atoms with van der Waals surface area (Å²) < 4.78 is 90.1. The Bertz CT molecular complexity index is 1100. The third-order valence-corrected chi connectivity index (χ3v) is 12.8. The summed E-state index contributed by atoms with van der Waals surface area (Å²) in [6.45, 7) is 5.26. The van der Waals surface area contributed by atoms with Crippen LogP contribution in [0.5, 0.6) is 5.75 Å². The second-order valence-electron chi connectivity index (χ2n) is 14.1. The molecule has 3 aliphatic carbocycles. The van der Waals surface area contributed by atoms with E-state index in [4.69, 9.17) is 0 Å². The van der Waals surface area contributed by atoms with Crippen LogP contribution in [-0.2, 0) is 17.6 Å². The van der Waals surface area contributed by atoms with E-state index in [9.17, 15) is 36.7 Å². The summed E-state index contributed by atoms with van der Waals surface area (Å²) in [4.78, 5) is 2.12. The maximum atomic E-state index is 15.2. The van der Waals surface area contributed by atoms with E-state index in [1.807, 2.05) is 19.2 Å². The zero-order valence-electron chi connectivity index (χ0n) is 26.2. The molecule has 11 heteroatoms. The molecule has 0 heterocycles. The van der Waals surface area contributed by atoms with Crippen LogP contribution in [0.4, 0.5) is 26.3 Å². The van der Waals surface area contributed by atoms with Crippen molar-refractivity contribution in [1.29, 1.82) is 0 Å². The first kappa shape index (κ1) is 35.7. The third kappa shape index (κ3) is 7.52. The van der Waals surface area contributed by atoms with E-state index in [0.29, 0.717) is 37.1 Å². The molecule has 0 aromatic heterocycles. The van der Waals surface area contributed by atoms with Crippen molar-refractivity contribution in [3.63, 3.8) is 0 Å². The quantitative estimate of drug-likeness (QED) is 0.122. The van der Waals surface area contributed by atoms with Crippen molar-refractivity contribution < 1.29 is 41.1 Å². The van der Waals surface area contributed by atoms with Gasteiger partial charge in [-0.2, -0.15) is 22.0 Å². The fraction of sp³-hybridized carbons (Fsp3) is 0.818. The zero-order valence-corrected chi connectivity index (χ0v) is 27.0. The van der Waals surface area contributed by atoms with Crippen LogP contribution in [-0.4, -0.2) is 75.2 Å². The van der Waals surface area contributed by atoms with Crippen molar-refractivity contribution in [2.45, 2.75) is 114 Å². The predicted molar refractivity (Wildman–Crippen MR) is 161 cm³/mol. The summed E-state index contributed by atoms with van der Waals surface area (Å²) >= 11 is -1.42. The summed E-state index contributed by atoms with van der Waals surface area (Å²) in [5, 5.41) is 21.4. The van der Waals surface area contributed by atoms with E-state index in [-0.39, 0.29) is 23.2 Å². The number of rotatable bonds is 14. The average molecular weight is 654 g/mol. The zero-order chi connectivity index (χ0) is 32.5. The minimum absolute atomic E-state index is 0.107. The molecule has 2 saturated carbocycles. The van der Waals surface area contributed by atoms with Crippen molar-refractivity contribution in [3.05, 3.63) is 29.3 Å². The number of phenolic OH excluding ortho intramolecular Hbond substituents is 1. The van der Waals surface area contributed by atoms with Crippen LogP contribution < -0.4 is 0 Å². The number of fused-ring (bicyclic) bond motifs is 5. The van der Waals surface area contributed by atoms with Gasteiger partial charge in [-0.3, -0.25) is 0 Å². The summed E-state index contributed by atoms with van der Waals surface area (Å²) in [7, 11) is 1.96. The van der Waals surface area contributed by atoms with Gasteiger partial charge in [0.15, 0.2) is 0 Å². The van der Waals surface area contributed by atoms with Gasteiger partial charge in [-0.05, 0) is 112 Å². The number of hydrogen-bond donors (Lipinski definition) is 2. The number of benzene rings is 1. The van der Waals surface area contributed by atoms with Crippen LogP contribution in [0.3, 0.4) is 0 Å². The van der Waals surface area contributed by atoms with Crippen molar-refractivity contribution in [3.8, 4) is 5.75 Å². The molecular formula is C33H49F6NO3S. The fourth-order valence-corrected chi connectivity index (χ4v) is 9.65. The normalized spacial score (nSPS) is 32.8. The standard InChI is InChI=1S/C33H49F6NO3S/c1-30-14-12-26-25-11-10-24(41)20-23(25)19-22(29(26)27(30)21-28(34)31(30,2)42)9-5-4-6-15-40(3)16-8-18-44(43)17-7-13-32(35,36)33(37,38)39/h10-11,20,22,26-29,41-42H,4-9,12-19,21H2,1-3H3/t22-,26-,27+,28-,29-,30+,31+,44?/m1/s1. The SMILES string of the molecule is CN(CCCCC[C@@H]1Cc2cc(O)ccc2[C@H]2CC[C@@]3(C)[C@@H](C[C@@H](F)[C@]3(C)O)[C@H]12)CCC[S+]([O-])CCCC(F)(F)C(F)(F)F. The van der Waals surface area contributed by atoms with Crippen LogP contribution in [0.25, 0.3) is 0 Å². The van der Waals surface area contributed by atoms with Crippen LogP contribution >= 0.6 is 0 Å². The van der Waals surface area contributed by atoms with Crippen molar-refractivity contribution in [2.75, 3.05) is 31.6 Å². The number of alkyl halides is 6. The monoisotopic (exact) mass is 653 g/mol. The molecule has 2 fully saturated rings. The molecule has 2 N–H and O–H groups in total. The first-order valence-electron chi connectivity index (χ1n) is 16.1. The smallest absolute Gasteiger partial charge is 0.453 e. The number of nitrogens with zero attached hydrogens (tertiary/aromatic N) is 1. The predicted octanol–water partition coefficient (Wildman–Crippen LogP) is 7.78. The Morgan fingerprint density at radius 1 is 1.02 bits per heavy atom. The Labute approximate surface area is 261 Å². The highest BCUT2D eigenvalue weighted by molar-refractivity contribution is 7.91. The second kappa shape index (κ2) is 13.9. The Morgan fingerprint density at radius 2 is 1.70 bits per heavy atom. The molecule has 0 bridgehead atoms. The number of phenols is 1.